The molecule has 0 saturated carbocycles. The minimum absolute atomic E-state index is 0.0363. The normalized spacial score (nSPS) is 16.8. The highest BCUT2D eigenvalue weighted by Crippen LogP contribution is 2.23. The highest BCUT2D eigenvalue weighted by atomic mass is 16.2. The van der Waals surface area contributed by atoms with Gasteiger partial charge in [-0.3, -0.25) is 9.79 Å². The van der Waals surface area contributed by atoms with E-state index in [1.807, 2.05) is 45.2 Å². The second-order valence-electron chi connectivity index (χ2n) is 6.81. The van der Waals surface area contributed by atoms with Crippen LogP contribution in [0.5, 0.6) is 0 Å². The number of hydrogen-bond donors (Lipinski definition) is 3. The molecular formula is C21H30N6O. The number of nitrogens with zero attached hydrogens (tertiary/aromatic N) is 3. The number of allylic oxidation sites excluding steroid dienone is 2. The Balaban J connectivity index is 2.33. The second kappa shape index (κ2) is 9.21. The summed E-state index contributed by atoms with van der Waals surface area (Å²) < 4.78 is 0. The smallest absolute Gasteiger partial charge is 0.219 e. The van der Waals surface area contributed by atoms with Crippen molar-refractivity contribution in [3.05, 3.63) is 46.8 Å². The van der Waals surface area contributed by atoms with Gasteiger partial charge in [-0.25, -0.2) is 4.99 Å². The zero-order valence-corrected chi connectivity index (χ0v) is 17.3. The van der Waals surface area contributed by atoms with Crippen LogP contribution in [-0.4, -0.2) is 49.5 Å². The van der Waals surface area contributed by atoms with Crippen molar-refractivity contribution in [2.75, 3.05) is 27.2 Å². The summed E-state index contributed by atoms with van der Waals surface area (Å²) in [5.41, 5.74) is 18.5. The van der Waals surface area contributed by atoms with Crippen molar-refractivity contribution in [2.24, 2.45) is 21.5 Å². The SMILES string of the molecule is CN=C(C)C(=C(C)N)c1ccc(N=C(N)C2=C(NC)CCN(C(C)=O)C2)cc1. The minimum Gasteiger partial charge on any atom is -0.402 e. The highest BCUT2D eigenvalue weighted by Gasteiger charge is 2.22. The lowest BCUT2D eigenvalue weighted by atomic mass is 10.00. The lowest BCUT2D eigenvalue weighted by Gasteiger charge is -2.29. The van der Waals surface area contributed by atoms with Crippen LogP contribution >= 0.6 is 0 Å². The van der Waals surface area contributed by atoms with E-state index >= 15 is 0 Å². The first-order valence-corrected chi connectivity index (χ1v) is 9.28. The molecule has 2 rings (SSSR count). The summed E-state index contributed by atoms with van der Waals surface area (Å²) in [6.45, 7) is 6.52. The average molecular weight is 383 g/mol. The van der Waals surface area contributed by atoms with Crippen molar-refractivity contribution in [2.45, 2.75) is 27.2 Å². The zero-order valence-electron chi connectivity index (χ0n) is 17.3. The molecule has 1 aliphatic heterocycles. The van der Waals surface area contributed by atoms with E-state index in [4.69, 9.17) is 11.5 Å². The van der Waals surface area contributed by atoms with Crippen LogP contribution < -0.4 is 16.8 Å². The van der Waals surface area contributed by atoms with Crippen molar-refractivity contribution < 1.29 is 4.79 Å². The predicted molar refractivity (Wildman–Crippen MR) is 116 cm³/mol. The third-order valence-electron chi connectivity index (χ3n) is 4.90. The van der Waals surface area contributed by atoms with Crippen molar-refractivity contribution in [3.8, 4) is 0 Å². The van der Waals surface area contributed by atoms with Crippen LogP contribution in [0.4, 0.5) is 5.69 Å². The number of nitrogens with one attached hydrogen (secondary N) is 1. The third-order valence-corrected chi connectivity index (χ3v) is 4.90. The Kier molecular flexibility index (Phi) is 6.98. The summed E-state index contributed by atoms with van der Waals surface area (Å²) in [5.74, 6) is 0.453. The number of nitrogens with two attached hydrogens (primary N) is 2. The topological polar surface area (TPSA) is 109 Å². The summed E-state index contributed by atoms with van der Waals surface area (Å²) in [6, 6.07) is 7.73. The summed E-state index contributed by atoms with van der Waals surface area (Å²) in [5, 5.41) is 3.18. The average Bonchev–Trinajstić information content (AvgIpc) is 2.68. The molecule has 150 valence electrons. The zero-order chi connectivity index (χ0) is 20.8. The van der Waals surface area contributed by atoms with Crippen molar-refractivity contribution >= 4 is 28.7 Å². The fourth-order valence-corrected chi connectivity index (χ4v) is 3.29. The molecule has 0 unspecified atom stereocenters. The van der Waals surface area contributed by atoms with Crippen LogP contribution in [0.3, 0.4) is 0 Å². The first-order valence-electron chi connectivity index (χ1n) is 9.28. The summed E-state index contributed by atoms with van der Waals surface area (Å²) in [6.07, 6.45) is 0.736. The van der Waals surface area contributed by atoms with E-state index in [1.165, 1.54) is 0 Å². The lowest BCUT2D eigenvalue weighted by molar-refractivity contribution is -0.128. The number of amidine groups is 1. The Bertz CT molecular complexity index is 857. The molecule has 1 aromatic rings. The third kappa shape index (κ3) is 4.79. The number of benzene rings is 1. The van der Waals surface area contributed by atoms with Gasteiger partial charge >= 0.3 is 0 Å². The highest BCUT2D eigenvalue weighted by molar-refractivity contribution is 6.23. The summed E-state index contributed by atoms with van der Waals surface area (Å²) >= 11 is 0. The van der Waals surface area contributed by atoms with Crippen molar-refractivity contribution in [3.63, 3.8) is 0 Å². The summed E-state index contributed by atoms with van der Waals surface area (Å²) in [7, 11) is 3.61. The fraction of sp³-hybridized carbons (Fsp3) is 0.381. The first kappa shape index (κ1) is 21.2. The van der Waals surface area contributed by atoms with E-state index < -0.39 is 0 Å². The molecule has 28 heavy (non-hydrogen) atoms. The molecule has 1 heterocycles. The van der Waals surface area contributed by atoms with Gasteiger partial charge in [0.05, 0.1) is 12.2 Å². The van der Waals surface area contributed by atoms with Gasteiger partial charge in [-0.05, 0) is 31.5 Å². The summed E-state index contributed by atoms with van der Waals surface area (Å²) in [4.78, 5) is 22.3. The van der Waals surface area contributed by atoms with Crippen molar-refractivity contribution in [1.29, 1.82) is 0 Å². The molecular weight excluding hydrogens is 352 g/mol. The monoisotopic (exact) mass is 382 g/mol. The van der Waals surface area contributed by atoms with E-state index in [0.717, 1.165) is 40.2 Å². The van der Waals surface area contributed by atoms with Crippen molar-refractivity contribution in [1.82, 2.24) is 10.2 Å². The van der Waals surface area contributed by atoms with Gasteiger partial charge < -0.3 is 21.7 Å². The van der Waals surface area contributed by atoms with E-state index in [1.54, 1.807) is 18.9 Å². The lowest BCUT2D eigenvalue weighted by Crippen LogP contribution is -2.40. The molecule has 0 radical (unpaired) electrons. The molecule has 0 bridgehead atoms. The fourth-order valence-electron chi connectivity index (χ4n) is 3.29. The van der Waals surface area contributed by atoms with Crippen LogP contribution in [0, 0.1) is 0 Å². The maximum atomic E-state index is 11.7. The largest absolute Gasteiger partial charge is 0.402 e. The molecule has 0 saturated heterocycles. The number of carbonyl (C=O) groups is 1. The van der Waals surface area contributed by atoms with Gasteiger partial charge in [0.25, 0.3) is 0 Å². The van der Waals surface area contributed by atoms with Crippen LogP contribution in [0.25, 0.3) is 5.57 Å². The van der Waals surface area contributed by atoms with Gasteiger partial charge in [-0.15, -0.1) is 0 Å². The number of aliphatic imine (C=N–C) groups is 2. The van der Waals surface area contributed by atoms with E-state index in [9.17, 15) is 4.79 Å². The standard InChI is InChI=1S/C21H30N6O/c1-13(22)20(14(2)24-4)16-6-8-17(9-7-16)26-21(23)18-12-27(15(3)28)11-10-19(18)25-5/h6-9,25H,10-12,22H2,1-5H3,(H2,23,26). The molecule has 7 nitrogen and oxygen atoms in total. The quantitative estimate of drug-likeness (QED) is 0.535. The molecule has 0 aromatic heterocycles. The van der Waals surface area contributed by atoms with Gasteiger partial charge in [-0.2, -0.15) is 0 Å². The minimum atomic E-state index is 0.0363. The van der Waals surface area contributed by atoms with E-state index in [-0.39, 0.29) is 5.91 Å². The number of amides is 1. The van der Waals surface area contributed by atoms with Gasteiger partial charge in [0.1, 0.15) is 5.84 Å². The molecule has 1 amide bonds. The Morgan fingerprint density at radius 2 is 1.79 bits per heavy atom. The molecule has 0 aliphatic carbocycles. The second-order valence-corrected chi connectivity index (χ2v) is 6.81. The Labute approximate surface area is 166 Å². The molecule has 0 atom stereocenters. The molecule has 7 heteroatoms. The predicted octanol–water partition coefficient (Wildman–Crippen LogP) is 2.18. The Morgan fingerprint density at radius 1 is 1.14 bits per heavy atom. The Hall–Kier alpha value is -3.09. The maximum Gasteiger partial charge on any atom is 0.219 e. The van der Waals surface area contributed by atoms with Crippen LogP contribution in [0.2, 0.25) is 0 Å². The maximum absolute atomic E-state index is 11.7. The van der Waals surface area contributed by atoms with E-state index in [0.29, 0.717) is 24.6 Å². The van der Waals surface area contributed by atoms with Gasteiger partial charge in [0.2, 0.25) is 5.91 Å². The van der Waals surface area contributed by atoms with E-state index in [2.05, 4.69) is 15.3 Å². The van der Waals surface area contributed by atoms with Crippen LogP contribution in [-0.2, 0) is 4.79 Å². The first-order chi connectivity index (χ1) is 13.3. The van der Waals surface area contributed by atoms with Gasteiger partial charge in [0, 0.05) is 62.2 Å². The molecule has 5 N–H and O–H groups in total. The number of carbonyl (C=O) groups excluding carboxylic acids is 1. The van der Waals surface area contributed by atoms with Crippen LogP contribution in [0.15, 0.2) is 51.2 Å². The molecule has 1 aromatic carbocycles. The Morgan fingerprint density at radius 3 is 2.29 bits per heavy atom. The molecule has 0 spiro atoms. The number of rotatable bonds is 5. The number of hydrogen-bond acceptors (Lipinski definition) is 5. The van der Waals surface area contributed by atoms with Gasteiger partial charge in [0.15, 0.2) is 0 Å². The molecule has 1 aliphatic rings. The molecule has 0 fully saturated rings. The van der Waals surface area contributed by atoms with Gasteiger partial charge in [-0.1, -0.05) is 12.1 Å². The van der Waals surface area contributed by atoms with Crippen LogP contribution in [0.1, 0.15) is 32.8 Å².